The summed E-state index contributed by atoms with van der Waals surface area (Å²) in [6.45, 7) is 6.57. The Morgan fingerprint density at radius 3 is 2.92 bits per heavy atom. The van der Waals surface area contributed by atoms with Gasteiger partial charge < -0.3 is 14.8 Å². The Labute approximate surface area is 78.9 Å². The van der Waals surface area contributed by atoms with E-state index in [1.165, 1.54) is 13.4 Å². The lowest BCUT2D eigenvalue weighted by Gasteiger charge is -2.12. The molecule has 0 heterocycles. The zero-order chi connectivity index (χ0) is 10.1. The lowest BCUT2D eigenvalue weighted by atomic mass is 10.3. The van der Waals surface area contributed by atoms with Crippen LogP contribution < -0.4 is 5.32 Å². The molecule has 1 unspecified atom stereocenters. The average Bonchev–Trinajstić information content (AvgIpc) is 2.14. The molecule has 76 valence electrons. The minimum Gasteiger partial charge on any atom is -0.500 e. The third-order valence-corrected chi connectivity index (χ3v) is 1.51. The van der Waals surface area contributed by atoms with Gasteiger partial charge in [0.25, 0.3) is 0 Å². The highest BCUT2D eigenvalue weighted by atomic mass is 16.5. The van der Waals surface area contributed by atoms with Gasteiger partial charge in [-0.1, -0.05) is 6.58 Å². The Morgan fingerprint density at radius 2 is 2.38 bits per heavy atom. The molecular weight excluding hydrogens is 170 g/mol. The minimum atomic E-state index is -0.204. The molecule has 0 aromatic rings. The summed E-state index contributed by atoms with van der Waals surface area (Å²) in [4.78, 5) is 10.7. The molecule has 0 aliphatic carbocycles. The first kappa shape index (κ1) is 12.0. The largest absolute Gasteiger partial charge is 0.500 e. The van der Waals surface area contributed by atoms with Crippen molar-refractivity contribution >= 4 is 5.97 Å². The van der Waals surface area contributed by atoms with Crippen molar-refractivity contribution in [2.24, 2.45) is 0 Å². The second-order valence-corrected chi connectivity index (χ2v) is 2.68. The van der Waals surface area contributed by atoms with Crippen LogP contribution in [0.4, 0.5) is 0 Å². The van der Waals surface area contributed by atoms with Crippen LogP contribution in [0.25, 0.3) is 0 Å². The van der Waals surface area contributed by atoms with Crippen molar-refractivity contribution in [1.29, 1.82) is 0 Å². The maximum atomic E-state index is 10.7. The van der Waals surface area contributed by atoms with Crippen LogP contribution in [-0.4, -0.2) is 32.3 Å². The molecule has 0 aromatic heterocycles. The maximum Gasteiger partial charge on any atom is 0.306 e. The lowest BCUT2D eigenvalue weighted by molar-refractivity contribution is -0.140. The van der Waals surface area contributed by atoms with Gasteiger partial charge in [-0.3, -0.25) is 4.79 Å². The highest BCUT2D eigenvalue weighted by molar-refractivity contribution is 5.69. The van der Waals surface area contributed by atoms with Crippen molar-refractivity contribution in [2.75, 3.05) is 20.3 Å². The molecule has 0 bridgehead atoms. The van der Waals surface area contributed by atoms with Crippen molar-refractivity contribution in [1.82, 2.24) is 5.32 Å². The van der Waals surface area contributed by atoms with Gasteiger partial charge in [-0.2, -0.15) is 0 Å². The van der Waals surface area contributed by atoms with Gasteiger partial charge in [-0.05, 0) is 6.92 Å². The molecule has 4 nitrogen and oxygen atoms in total. The van der Waals surface area contributed by atoms with E-state index < -0.39 is 0 Å². The van der Waals surface area contributed by atoms with Gasteiger partial charge in [0.1, 0.15) is 6.61 Å². The molecule has 0 rings (SSSR count). The van der Waals surface area contributed by atoms with Gasteiger partial charge in [0.05, 0.1) is 19.8 Å². The van der Waals surface area contributed by atoms with Gasteiger partial charge in [0.15, 0.2) is 0 Å². The topological polar surface area (TPSA) is 47.6 Å². The van der Waals surface area contributed by atoms with Crippen molar-refractivity contribution in [3.63, 3.8) is 0 Å². The van der Waals surface area contributed by atoms with Crippen LogP contribution in [0.2, 0.25) is 0 Å². The van der Waals surface area contributed by atoms with E-state index in [4.69, 9.17) is 4.74 Å². The second kappa shape index (κ2) is 7.61. The van der Waals surface area contributed by atoms with Gasteiger partial charge >= 0.3 is 5.97 Å². The highest BCUT2D eigenvalue weighted by Gasteiger charge is 2.03. The van der Waals surface area contributed by atoms with Crippen LogP contribution >= 0.6 is 0 Å². The Hall–Kier alpha value is -1.03. The maximum absolute atomic E-state index is 10.7. The molecule has 4 heteroatoms. The smallest absolute Gasteiger partial charge is 0.306 e. The van der Waals surface area contributed by atoms with E-state index in [0.29, 0.717) is 19.6 Å². The van der Waals surface area contributed by atoms with E-state index in [0.717, 1.165) is 0 Å². The molecule has 0 saturated heterocycles. The molecule has 13 heavy (non-hydrogen) atoms. The fourth-order valence-electron chi connectivity index (χ4n) is 0.794. The number of rotatable bonds is 7. The third-order valence-electron chi connectivity index (χ3n) is 1.51. The van der Waals surface area contributed by atoms with Crippen LogP contribution in [-0.2, 0) is 14.3 Å². The number of nitrogens with one attached hydrogen (secondary N) is 1. The Bertz CT molecular complexity index is 159. The number of esters is 1. The van der Waals surface area contributed by atoms with Crippen molar-refractivity contribution in [3.8, 4) is 0 Å². The summed E-state index contributed by atoms with van der Waals surface area (Å²) >= 11 is 0. The first-order chi connectivity index (χ1) is 6.20. The number of carbonyl (C=O) groups is 1. The number of hydrogen-bond acceptors (Lipinski definition) is 4. The van der Waals surface area contributed by atoms with Crippen LogP contribution in [0.1, 0.15) is 13.3 Å². The summed E-state index contributed by atoms with van der Waals surface area (Å²) in [6.07, 6.45) is 1.79. The van der Waals surface area contributed by atoms with E-state index in [2.05, 4.69) is 16.6 Å². The molecule has 0 saturated carbocycles. The van der Waals surface area contributed by atoms with Gasteiger partial charge in [0.2, 0.25) is 0 Å². The molecule has 0 amide bonds. The SMILES string of the molecule is C=COCC(C)NCCC(=O)OC. The lowest BCUT2D eigenvalue weighted by Crippen LogP contribution is -2.31. The summed E-state index contributed by atoms with van der Waals surface area (Å²) in [6, 6.07) is 0.211. The van der Waals surface area contributed by atoms with E-state index in [-0.39, 0.29) is 12.0 Å². The normalized spacial score (nSPS) is 11.8. The molecule has 0 fully saturated rings. The van der Waals surface area contributed by atoms with Crippen molar-refractivity contribution in [3.05, 3.63) is 12.8 Å². The summed E-state index contributed by atoms with van der Waals surface area (Å²) in [5, 5.41) is 3.11. The Kier molecular flexibility index (Phi) is 7.01. The summed E-state index contributed by atoms with van der Waals surface area (Å²) in [5.74, 6) is -0.204. The molecular formula is C9H17NO3. The minimum absolute atomic E-state index is 0.204. The predicted octanol–water partition coefficient (Wildman–Crippen LogP) is 0.688. The fraction of sp³-hybridized carbons (Fsp3) is 0.667. The van der Waals surface area contributed by atoms with Crippen molar-refractivity contribution in [2.45, 2.75) is 19.4 Å². The number of ether oxygens (including phenoxy) is 2. The van der Waals surface area contributed by atoms with Gasteiger partial charge in [0, 0.05) is 12.6 Å². The predicted molar refractivity (Wildman–Crippen MR) is 50.2 cm³/mol. The van der Waals surface area contributed by atoms with Crippen LogP contribution in [0, 0.1) is 0 Å². The number of hydrogen-bond donors (Lipinski definition) is 1. The zero-order valence-electron chi connectivity index (χ0n) is 8.21. The molecule has 0 aliphatic heterocycles. The molecule has 0 spiro atoms. The van der Waals surface area contributed by atoms with E-state index in [1.807, 2.05) is 6.92 Å². The molecule has 1 atom stereocenters. The van der Waals surface area contributed by atoms with Crippen molar-refractivity contribution < 1.29 is 14.3 Å². The Balaban J connectivity index is 3.30. The fourth-order valence-corrected chi connectivity index (χ4v) is 0.794. The molecule has 0 aromatic carbocycles. The monoisotopic (exact) mass is 187 g/mol. The van der Waals surface area contributed by atoms with Crippen LogP contribution in [0.3, 0.4) is 0 Å². The van der Waals surface area contributed by atoms with Crippen LogP contribution in [0.5, 0.6) is 0 Å². The third kappa shape index (κ3) is 7.33. The summed E-state index contributed by atoms with van der Waals surface area (Å²) in [7, 11) is 1.38. The molecule has 1 N–H and O–H groups in total. The van der Waals surface area contributed by atoms with Gasteiger partial charge in [-0.15, -0.1) is 0 Å². The van der Waals surface area contributed by atoms with E-state index >= 15 is 0 Å². The van der Waals surface area contributed by atoms with E-state index in [1.54, 1.807) is 0 Å². The number of methoxy groups -OCH3 is 1. The first-order valence-electron chi connectivity index (χ1n) is 4.23. The molecule has 0 radical (unpaired) electrons. The van der Waals surface area contributed by atoms with Crippen LogP contribution in [0.15, 0.2) is 12.8 Å². The highest BCUT2D eigenvalue weighted by Crippen LogP contribution is 1.87. The van der Waals surface area contributed by atoms with E-state index in [9.17, 15) is 4.79 Å². The first-order valence-corrected chi connectivity index (χ1v) is 4.23. The summed E-state index contributed by atoms with van der Waals surface area (Å²) < 4.78 is 9.45. The molecule has 0 aliphatic rings. The summed E-state index contributed by atoms with van der Waals surface area (Å²) in [5.41, 5.74) is 0. The Morgan fingerprint density at radius 1 is 1.69 bits per heavy atom. The number of carbonyl (C=O) groups excluding carboxylic acids is 1. The zero-order valence-corrected chi connectivity index (χ0v) is 8.21. The standard InChI is InChI=1S/C9H17NO3/c1-4-13-7-8(2)10-6-5-9(11)12-3/h4,8,10H,1,5-7H2,2-3H3. The average molecular weight is 187 g/mol. The quantitative estimate of drug-likeness (QED) is 0.470. The second-order valence-electron chi connectivity index (χ2n) is 2.68. The van der Waals surface area contributed by atoms with Gasteiger partial charge in [-0.25, -0.2) is 0 Å².